The third kappa shape index (κ3) is 10.5. The minimum absolute atomic E-state index is 0.204. The number of carbonyl (C=O) groups excluding carboxylic acids is 7. The summed E-state index contributed by atoms with van der Waals surface area (Å²) in [5.74, 6) is -3.87. The van der Waals surface area contributed by atoms with Crippen LogP contribution in [0, 0.1) is 11.8 Å². The standard InChI is InChI=1S/C25H43N7O7/c1-13(2)20(23(37)28-11-18(34)26-7)31-19(35)12-27-22(36)17-9-8-10-32(17)25(39)15(5)29-24(38)21(14(3)4)30-16(6)33/h13-15,17,20-21H,8-12H2,1-7H3,(H,26,34)(H,27,36)(H,28,37)(H,29,38)(H,30,33)(H,31,35)/t15-,17-,20+,21-/m1/s1. The van der Waals surface area contributed by atoms with Gasteiger partial charge >= 0.3 is 0 Å². The maximum atomic E-state index is 13.1. The Kier molecular flexibility index (Phi) is 13.4. The van der Waals surface area contributed by atoms with E-state index in [9.17, 15) is 33.6 Å². The van der Waals surface area contributed by atoms with Crippen molar-refractivity contribution in [3.63, 3.8) is 0 Å². The van der Waals surface area contributed by atoms with Gasteiger partial charge in [-0.3, -0.25) is 33.6 Å². The van der Waals surface area contributed by atoms with E-state index in [0.717, 1.165) is 0 Å². The molecule has 0 aromatic rings. The van der Waals surface area contributed by atoms with E-state index in [1.807, 2.05) is 0 Å². The highest BCUT2D eigenvalue weighted by molar-refractivity contribution is 5.96. The van der Waals surface area contributed by atoms with E-state index in [1.165, 1.54) is 25.8 Å². The van der Waals surface area contributed by atoms with Gasteiger partial charge in [0.25, 0.3) is 0 Å². The van der Waals surface area contributed by atoms with Crippen molar-refractivity contribution in [2.24, 2.45) is 11.8 Å². The second-order valence-corrected chi connectivity index (χ2v) is 10.2. The van der Waals surface area contributed by atoms with E-state index < -0.39 is 60.2 Å². The normalized spacial score (nSPS) is 17.1. The molecule has 0 unspecified atom stereocenters. The molecule has 1 aliphatic rings. The fourth-order valence-electron chi connectivity index (χ4n) is 4.08. The Morgan fingerprint density at radius 2 is 1.33 bits per heavy atom. The highest BCUT2D eigenvalue weighted by Gasteiger charge is 2.37. The summed E-state index contributed by atoms with van der Waals surface area (Å²) in [6.07, 6.45) is 0.953. The summed E-state index contributed by atoms with van der Waals surface area (Å²) in [7, 11) is 1.44. The first-order valence-electron chi connectivity index (χ1n) is 13.1. The Balaban J connectivity index is 2.71. The van der Waals surface area contributed by atoms with Crippen LogP contribution < -0.4 is 31.9 Å². The Labute approximate surface area is 229 Å². The van der Waals surface area contributed by atoms with Crippen LogP contribution in [0.2, 0.25) is 0 Å². The van der Waals surface area contributed by atoms with E-state index in [2.05, 4.69) is 31.9 Å². The van der Waals surface area contributed by atoms with Crippen LogP contribution in [0.3, 0.4) is 0 Å². The molecule has 0 aromatic heterocycles. The molecule has 0 radical (unpaired) electrons. The first kappa shape index (κ1) is 33.3. The average Bonchev–Trinajstić information content (AvgIpc) is 3.36. The molecule has 1 heterocycles. The second-order valence-electron chi connectivity index (χ2n) is 10.2. The quantitative estimate of drug-likeness (QED) is 0.148. The van der Waals surface area contributed by atoms with Crippen molar-refractivity contribution in [3.8, 4) is 0 Å². The van der Waals surface area contributed by atoms with Crippen LogP contribution in [0.1, 0.15) is 54.4 Å². The number of amides is 7. The maximum Gasteiger partial charge on any atom is 0.245 e. The topological polar surface area (TPSA) is 195 Å². The van der Waals surface area contributed by atoms with E-state index >= 15 is 0 Å². The number of nitrogens with zero attached hydrogens (tertiary/aromatic N) is 1. The molecule has 0 spiro atoms. The van der Waals surface area contributed by atoms with Crippen molar-refractivity contribution in [1.82, 2.24) is 36.8 Å². The molecule has 1 rings (SSSR count). The van der Waals surface area contributed by atoms with E-state index in [1.54, 1.807) is 27.7 Å². The third-order valence-electron chi connectivity index (χ3n) is 6.27. The van der Waals surface area contributed by atoms with Crippen molar-refractivity contribution < 1.29 is 33.6 Å². The predicted octanol–water partition coefficient (Wildman–Crippen LogP) is -2.24. The fraction of sp³-hybridized carbons (Fsp3) is 0.720. The molecule has 0 bridgehead atoms. The van der Waals surface area contributed by atoms with Gasteiger partial charge in [-0.05, 0) is 31.6 Å². The Morgan fingerprint density at radius 1 is 0.769 bits per heavy atom. The number of likely N-dealkylation sites (N-methyl/N-ethyl adjacent to an activating group) is 1. The van der Waals surface area contributed by atoms with Gasteiger partial charge in [-0.1, -0.05) is 27.7 Å². The lowest BCUT2D eigenvalue weighted by Gasteiger charge is -2.29. The van der Waals surface area contributed by atoms with Gasteiger partial charge in [0, 0.05) is 20.5 Å². The highest BCUT2D eigenvalue weighted by atomic mass is 16.2. The Bertz CT molecular complexity index is 938. The molecule has 1 fully saturated rings. The molecule has 4 atom stereocenters. The maximum absolute atomic E-state index is 13.1. The minimum Gasteiger partial charge on any atom is -0.358 e. The van der Waals surface area contributed by atoms with Gasteiger partial charge in [0.15, 0.2) is 0 Å². The van der Waals surface area contributed by atoms with E-state index in [0.29, 0.717) is 19.4 Å². The lowest BCUT2D eigenvalue weighted by Crippen LogP contribution is -2.57. The molecular weight excluding hydrogens is 510 g/mol. The predicted molar refractivity (Wildman–Crippen MR) is 142 cm³/mol. The number of nitrogens with one attached hydrogen (secondary N) is 6. The van der Waals surface area contributed by atoms with Crippen molar-refractivity contribution in [2.45, 2.75) is 78.6 Å². The minimum atomic E-state index is -0.940. The van der Waals surface area contributed by atoms with Crippen molar-refractivity contribution in [3.05, 3.63) is 0 Å². The summed E-state index contributed by atoms with van der Waals surface area (Å²) >= 11 is 0. The van der Waals surface area contributed by atoms with Crippen LogP contribution in [0.25, 0.3) is 0 Å². The first-order valence-corrected chi connectivity index (χ1v) is 13.1. The molecule has 6 N–H and O–H groups in total. The second kappa shape index (κ2) is 15.6. The van der Waals surface area contributed by atoms with Gasteiger partial charge < -0.3 is 36.8 Å². The lowest BCUT2D eigenvalue weighted by molar-refractivity contribution is -0.141. The Morgan fingerprint density at radius 3 is 1.87 bits per heavy atom. The molecule has 1 saturated heterocycles. The van der Waals surface area contributed by atoms with Gasteiger partial charge in [0.1, 0.15) is 24.2 Å². The van der Waals surface area contributed by atoms with Crippen LogP contribution in [0.5, 0.6) is 0 Å². The number of likely N-dealkylation sites (tertiary alicyclic amines) is 1. The molecule has 7 amide bonds. The number of carbonyl (C=O) groups is 7. The van der Waals surface area contributed by atoms with Gasteiger partial charge in [-0.25, -0.2) is 0 Å². The van der Waals surface area contributed by atoms with Crippen molar-refractivity contribution in [2.75, 3.05) is 26.7 Å². The molecular formula is C25H43N7O7. The molecule has 0 aromatic carbocycles. The number of hydrogen-bond acceptors (Lipinski definition) is 7. The summed E-state index contributed by atoms with van der Waals surface area (Å²) < 4.78 is 0. The summed E-state index contributed by atoms with van der Waals surface area (Å²) in [4.78, 5) is 87.6. The summed E-state index contributed by atoms with van der Waals surface area (Å²) in [5, 5.41) is 15.1. The zero-order valence-electron chi connectivity index (χ0n) is 23.8. The molecule has 0 aliphatic carbocycles. The number of rotatable bonds is 13. The summed E-state index contributed by atoms with van der Waals surface area (Å²) in [6.45, 7) is 9.46. The zero-order chi connectivity index (χ0) is 29.9. The van der Waals surface area contributed by atoms with Gasteiger partial charge in [-0.15, -0.1) is 0 Å². The van der Waals surface area contributed by atoms with Crippen molar-refractivity contribution >= 4 is 41.4 Å². The Hall–Kier alpha value is -3.71. The molecule has 0 saturated carbocycles. The molecule has 1 aliphatic heterocycles. The summed E-state index contributed by atoms with van der Waals surface area (Å²) in [5.41, 5.74) is 0. The van der Waals surface area contributed by atoms with Crippen LogP contribution in [-0.2, 0) is 33.6 Å². The van der Waals surface area contributed by atoms with Crippen LogP contribution in [0.4, 0.5) is 0 Å². The fourth-order valence-corrected chi connectivity index (χ4v) is 4.08. The smallest absolute Gasteiger partial charge is 0.245 e. The molecule has 14 nitrogen and oxygen atoms in total. The first-order chi connectivity index (χ1) is 18.2. The van der Waals surface area contributed by atoms with Gasteiger partial charge in [0.05, 0.1) is 13.1 Å². The SMILES string of the molecule is CNC(=O)CNC(=O)[C@@H](NC(=O)CNC(=O)[C@H]1CCCN1C(=O)[C@@H](C)NC(=O)[C@H](NC(C)=O)C(C)C)C(C)C. The summed E-state index contributed by atoms with van der Waals surface area (Å²) in [6, 6.07) is -3.49. The lowest BCUT2D eigenvalue weighted by atomic mass is 10.0. The van der Waals surface area contributed by atoms with Gasteiger partial charge in [-0.2, -0.15) is 0 Å². The molecule has 220 valence electrons. The molecule has 14 heteroatoms. The zero-order valence-corrected chi connectivity index (χ0v) is 23.8. The van der Waals surface area contributed by atoms with Gasteiger partial charge in [0.2, 0.25) is 41.4 Å². The third-order valence-corrected chi connectivity index (χ3v) is 6.27. The largest absolute Gasteiger partial charge is 0.358 e. The van der Waals surface area contributed by atoms with Crippen LogP contribution in [0.15, 0.2) is 0 Å². The van der Waals surface area contributed by atoms with E-state index in [-0.39, 0.29) is 30.2 Å². The highest BCUT2D eigenvalue weighted by Crippen LogP contribution is 2.18. The van der Waals surface area contributed by atoms with Crippen molar-refractivity contribution in [1.29, 1.82) is 0 Å². The van der Waals surface area contributed by atoms with Crippen LogP contribution in [-0.4, -0.2) is 97.1 Å². The van der Waals surface area contributed by atoms with Crippen LogP contribution >= 0.6 is 0 Å². The monoisotopic (exact) mass is 553 g/mol. The van der Waals surface area contributed by atoms with E-state index in [4.69, 9.17) is 0 Å². The molecule has 39 heavy (non-hydrogen) atoms. The average molecular weight is 554 g/mol. The number of hydrogen-bond donors (Lipinski definition) is 6.